The highest BCUT2D eigenvalue weighted by atomic mass is 35.5. The second-order valence-electron chi connectivity index (χ2n) is 6.90. The van der Waals surface area contributed by atoms with Crippen LogP contribution in [0, 0.1) is 13.8 Å². The third kappa shape index (κ3) is 4.22. The number of nitrogens with zero attached hydrogens (tertiary/aromatic N) is 1. The Morgan fingerprint density at radius 3 is 2.35 bits per heavy atom. The first kappa shape index (κ1) is 20.3. The topological polar surface area (TPSA) is 69.3 Å². The molecule has 1 aromatic heterocycles. The molecule has 3 rings (SSSR count). The molecule has 26 heavy (non-hydrogen) atoms. The van der Waals surface area contributed by atoms with Gasteiger partial charge in [0.15, 0.2) is 0 Å². The van der Waals surface area contributed by atoms with Crippen LogP contribution >= 0.6 is 12.4 Å². The van der Waals surface area contributed by atoms with Crippen molar-refractivity contribution in [2.24, 2.45) is 5.73 Å². The molecule has 2 aromatic rings. The Balaban J connectivity index is 0.00000243. The van der Waals surface area contributed by atoms with E-state index in [9.17, 15) is 4.79 Å². The number of halogens is 1. The Bertz CT molecular complexity index is 747. The molecule has 0 unspecified atom stereocenters. The monoisotopic (exact) mass is 377 g/mol. The molecule has 1 amide bonds. The van der Waals surface area contributed by atoms with Crippen LogP contribution in [-0.2, 0) is 0 Å². The second kappa shape index (κ2) is 8.60. The highest BCUT2D eigenvalue weighted by molar-refractivity contribution is 5.96. The van der Waals surface area contributed by atoms with Gasteiger partial charge in [0.25, 0.3) is 5.91 Å². The number of carbonyl (C=O) groups excluding carboxylic acids is 1. The average Bonchev–Trinajstić information content (AvgIpc) is 2.91. The number of rotatable bonds is 4. The van der Waals surface area contributed by atoms with Gasteiger partial charge in [-0.3, -0.25) is 4.79 Å². The van der Waals surface area contributed by atoms with E-state index in [0.29, 0.717) is 0 Å². The average molecular weight is 378 g/mol. The van der Waals surface area contributed by atoms with Crippen molar-refractivity contribution >= 4 is 18.3 Å². The molecule has 1 aromatic carbocycles. The molecule has 0 bridgehead atoms. The van der Waals surface area contributed by atoms with Crippen molar-refractivity contribution in [2.45, 2.75) is 51.6 Å². The van der Waals surface area contributed by atoms with Crippen molar-refractivity contribution < 1.29 is 9.53 Å². The Kier molecular flexibility index (Phi) is 6.73. The van der Waals surface area contributed by atoms with Crippen LogP contribution in [0.15, 0.2) is 30.3 Å². The van der Waals surface area contributed by atoms with Gasteiger partial charge in [-0.2, -0.15) is 0 Å². The van der Waals surface area contributed by atoms with Gasteiger partial charge in [-0.15, -0.1) is 12.4 Å². The van der Waals surface area contributed by atoms with Gasteiger partial charge in [-0.05, 0) is 69.9 Å². The normalized spacial score (nSPS) is 19.5. The molecule has 6 heteroatoms. The summed E-state index contributed by atoms with van der Waals surface area (Å²) >= 11 is 0. The summed E-state index contributed by atoms with van der Waals surface area (Å²) in [6.45, 7) is 4.01. The van der Waals surface area contributed by atoms with Crippen molar-refractivity contribution in [3.8, 4) is 11.4 Å². The quantitative estimate of drug-likeness (QED) is 0.856. The molecule has 1 aliphatic rings. The molecule has 5 nitrogen and oxygen atoms in total. The van der Waals surface area contributed by atoms with Gasteiger partial charge in [-0.1, -0.05) is 0 Å². The van der Waals surface area contributed by atoms with Crippen molar-refractivity contribution in [1.29, 1.82) is 0 Å². The van der Waals surface area contributed by atoms with E-state index in [-0.39, 0.29) is 30.4 Å². The first-order chi connectivity index (χ1) is 12.0. The zero-order valence-electron chi connectivity index (χ0n) is 15.6. The minimum absolute atomic E-state index is 0. The molecule has 1 aliphatic carbocycles. The summed E-state index contributed by atoms with van der Waals surface area (Å²) in [5.74, 6) is 0.827. The van der Waals surface area contributed by atoms with Crippen molar-refractivity contribution in [2.75, 3.05) is 7.11 Å². The second-order valence-corrected chi connectivity index (χ2v) is 6.90. The maximum Gasteiger partial charge on any atom is 0.253 e. The largest absolute Gasteiger partial charge is 0.497 e. The SMILES string of the molecule is COc1ccc(-n2c(C)cc(C(=O)NC3CCC(N)CC3)c2C)cc1.Cl. The zero-order valence-corrected chi connectivity index (χ0v) is 16.4. The first-order valence-electron chi connectivity index (χ1n) is 8.89. The van der Waals surface area contributed by atoms with E-state index < -0.39 is 0 Å². The molecular formula is C20H28ClN3O2. The Hall–Kier alpha value is -1.98. The summed E-state index contributed by atoms with van der Waals surface area (Å²) in [7, 11) is 1.65. The van der Waals surface area contributed by atoms with Crippen molar-refractivity contribution in [1.82, 2.24) is 9.88 Å². The molecule has 0 spiro atoms. The van der Waals surface area contributed by atoms with Crippen LogP contribution in [0.1, 0.15) is 47.4 Å². The van der Waals surface area contributed by atoms with E-state index in [1.54, 1.807) is 7.11 Å². The molecule has 0 aliphatic heterocycles. The number of amides is 1. The molecule has 1 saturated carbocycles. The Morgan fingerprint density at radius 2 is 1.77 bits per heavy atom. The van der Waals surface area contributed by atoms with Gasteiger partial charge >= 0.3 is 0 Å². The van der Waals surface area contributed by atoms with Crippen LogP contribution in [0.2, 0.25) is 0 Å². The molecule has 3 N–H and O–H groups in total. The lowest BCUT2D eigenvalue weighted by atomic mass is 9.91. The highest BCUT2D eigenvalue weighted by Gasteiger charge is 2.23. The van der Waals surface area contributed by atoms with Crippen LogP contribution in [-0.4, -0.2) is 29.7 Å². The van der Waals surface area contributed by atoms with Crippen molar-refractivity contribution in [3.05, 3.63) is 47.3 Å². The summed E-state index contributed by atoms with van der Waals surface area (Å²) in [4.78, 5) is 12.7. The molecule has 1 fully saturated rings. The molecule has 0 saturated heterocycles. The number of aromatic nitrogens is 1. The summed E-state index contributed by atoms with van der Waals surface area (Å²) in [5.41, 5.74) is 9.70. The van der Waals surface area contributed by atoms with Crippen LogP contribution < -0.4 is 15.8 Å². The minimum atomic E-state index is 0. The van der Waals surface area contributed by atoms with Gasteiger partial charge < -0.3 is 20.4 Å². The van der Waals surface area contributed by atoms with Gasteiger partial charge in [0.2, 0.25) is 0 Å². The first-order valence-corrected chi connectivity index (χ1v) is 8.89. The van der Waals surface area contributed by atoms with Gasteiger partial charge in [0, 0.05) is 29.2 Å². The maximum absolute atomic E-state index is 12.7. The van der Waals surface area contributed by atoms with Gasteiger partial charge in [0.05, 0.1) is 12.7 Å². The van der Waals surface area contributed by atoms with E-state index in [0.717, 1.165) is 54.1 Å². The zero-order chi connectivity index (χ0) is 18.0. The van der Waals surface area contributed by atoms with Gasteiger partial charge in [0.1, 0.15) is 5.75 Å². The van der Waals surface area contributed by atoms with E-state index in [1.807, 2.05) is 44.2 Å². The van der Waals surface area contributed by atoms with Gasteiger partial charge in [-0.25, -0.2) is 0 Å². The summed E-state index contributed by atoms with van der Waals surface area (Å²) < 4.78 is 7.32. The van der Waals surface area contributed by atoms with Crippen LogP contribution in [0.5, 0.6) is 5.75 Å². The third-order valence-corrected chi connectivity index (χ3v) is 5.11. The van der Waals surface area contributed by atoms with E-state index in [2.05, 4.69) is 9.88 Å². The summed E-state index contributed by atoms with van der Waals surface area (Å²) in [6.07, 6.45) is 3.89. The number of carbonyl (C=O) groups is 1. The lowest BCUT2D eigenvalue weighted by molar-refractivity contribution is 0.0925. The van der Waals surface area contributed by atoms with Crippen molar-refractivity contribution in [3.63, 3.8) is 0 Å². The fourth-order valence-electron chi connectivity index (χ4n) is 3.65. The lowest BCUT2D eigenvalue weighted by Gasteiger charge is -2.26. The number of nitrogens with two attached hydrogens (primary N) is 1. The fraction of sp³-hybridized carbons (Fsp3) is 0.450. The Labute approximate surface area is 161 Å². The van der Waals surface area contributed by atoms with E-state index in [4.69, 9.17) is 10.5 Å². The summed E-state index contributed by atoms with van der Waals surface area (Å²) in [5, 5.41) is 3.18. The predicted molar refractivity (Wildman–Crippen MR) is 107 cm³/mol. The molecule has 1 heterocycles. The number of nitrogens with one attached hydrogen (secondary N) is 1. The molecule has 142 valence electrons. The molecular weight excluding hydrogens is 350 g/mol. The van der Waals surface area contributed by atoms with Crippen LogP contribution in [0.4, 0.5) is 0 Å². The number of hydrogen-bond acceptors (Lipinski definition) is 3. The van der Waals surface area contributed by atoms with E-state index >= 15 is 0 Å². The molecule has 0 atom stereocenters. The predicted octanol–water partition coefficient (Wildman–Crippen LogP) is 3.52. The Morgan fingerprint density at radius 1 is 1.15 bits per heavy atom. The molecule has 0 radical (unpaired) electrons. The smallest absolute Gasteiger partial charge is 0.253 e. The fourth-order valence-corrected chi connectivity index (χ4v) is 3.65. The maximum atomic E-state index is 12.7. The summed E-state index contributed by atoms with van der Waals surface area (Å²) in [6, 6.07) is 10.3. The standard InChI is InChI=1S/C20H27N3O2.ClH/c1-13-12-19(20(24)22-16-6-4-15(21)5-7-16)14(2)23(13)17-8-10-18(25-3)11-9-17;/h8-12,15-16H,4-7,21H2,1-3H3,(H,22,24);1H. The minimum Gasteiger partial charge on any atom is -0.497 e. The van der Waals surface area contributed by atoms with Crippen LogP contribution in [0.3, 0.4) is 0 Å². The van der Waals surface area contributed by atoms with E-state index in [1.165, 1.54) is 0 Å². The number of ether oxygens (including phenoxy) is 1. The lowest BCUT2D eigenvalue weighted by Crippen LogP contribution is -2.40. The number of methoxy groups -OCH3 is 1. The number of benzene rings is 1. The van der Waals surface area contributed by atoms with Crippen LogP contribution in [0.25, 0.3) is 5.69 Å². The number of aryl methyl sites for hydroxylation is 1. The highest BCUT2D eigenvalue weighted by Crippen LogP contribution is 2.24. The number of hydrogen-bond donors (Lipinski definition) is 2. The third-order valence-electron chi connectivity index (χ3n) is 5.11.